The normalized spacial score (nSPS) is 15.9. The molecule has 4 heteroatoms. The molecule has 24 heavy (non-hydrogen) atoms. The van der Waals surface area contributed by atoms with Gasteiger partial charge < -0.3 is 9.52 Å². The summed E-state index contributed by atoms with van der Waals surface area (Å²) in [5.74, 6) is 0.952. The SMILES string of the molecule is Oc1ccc2oc(-c3ccccc3)c(Cl)c2c1CN1CCCCC1. The minimum absolute atomic E-state index is 0.287. The summed E-state index contributed by atoms with van der Waals surface area (Å²) < 4.78 is 6.01. The molecule has 1 N–H and O–H groups in total. The summed E-state index contributed by atoms with van der Waals surface area (Å²) in [6.45, 7) is 2.84. The largest absolute Gasteiger partial charge is 0.508 e. The van der Waals surface area contributed by atoms with Gasteiger partial charge in [-0.1, -0.05) is 48.4 Å². The molecule has 124 valence electrons. The maximum absolute atomic E-state index is 10.4. The van der Waals surface area contributed by atoms with E-state index in [0.29, 0.717) is 17.3 Å². The Morgan fingerprint density at radius 3 is 2.50 bits per heavy atom. The summed E-state index contributed by atoms with van der Waals surface area (Å²) in [5.41, 5.74) is 2.54. The number of benzene rings is 2. The van der Waals surface area contributed by atoms with Crippen molar-refractivity contribution in [1.82, 2.24) is 4.90 Å². The van der Waals surface area contributed by atoms with E-state index >= 15 is 0 Å². The van der Waals surface area contributed by atoms with Gasteiger partial charge in [-0.05, 0) is 38.1 Å². The van der Waals surface area contributed by atoms with Crippen LogP contribution in [0.25, 0.3) is 22.3 Å². The average Bonchev–Trinajstić information content (AvgIpc) is 2.96. The first-order valence-electron chi connectivity index (χ1n) is 8.44. The number of hydrogen-bond donors (Lipinski definition) is 1. The minimum Gasteiger partial charge on any atom is -0.508 e. The molecule has 1 aliphatic heterocycles. The Bertz CT molecular complexity index is 851. The van der Waals surface area contributed by atoms with Crippen molar-refractivity contribution in [1.29, 1.82) is 0 Å². The maximum atomic E-state index is 10.4. The topological polar surface area (TPSA) is 36.6 Å². The Kier molecular flexibility index (Phi) is 4.21. The van der Waals surface area contributed by atoms with Crippen LogP contribution >= 0.6 is 11.6 Å². The van der Waals surface area contributed by atoms with Gasteiger partial charge in [-0.25, -0.2) is 0 Å². The number of aromatic hydroxyl groups is 1. The average molecular weight is 342 g/mol. The fraction of sp³-hybridized carbons (Fsp3) is 0.300. The fourth-order valence-electron chi connectivity index (χ4n) is 3.49. The van der Waals surface area contributed by atoms with Crippen LogP contribution in [0.5, 0.6) is 5.75 Å². The zero-order valence-electron chi connectivity index (χ0n) is 13.5. The van der Waals surface area contributed by atoms with Gasteiger partial charge in [0.05, 0.1) is 5.02 Å². The molecule has 0 bridgehead atoms. The predicted octanol–water partition coefficient (Wildman–Crippen LogP) is 5.44. The first-order valence-corrected chi connectivity index (χ1v) is 8.82. The summed E-state index contributed by atoms with van der Waals surface area (Å²) in [6, 6.07) is 13.4. The molecule has 0 aliphatic carbocycles. The highest BCUT2D eigenvalue weighted by atomic mass is 35.5. The summed E-state index contributed by atoms with van der Waals surface area (Å²) in [4.78, 5) is 2.38. The van der Waals surface area contributed by atoms with Gasteiger partial charge in [-0.15, -0.1) is 0 Å². The summed E-state index contributed by atoms with van der Waals surface area (Å²) in [5, 5.41) is 11.8. The Morgan fingerprint density at radius 1 is 1.00 bits per heavy atom. The van der Waals surface area contributed by atoms with Crippen molar-refractivity contribution in [2.24, 2.45) is 0 Å². The zero-order valence-corrected chi connectivity index (χ0v) is 14.2. The van der Waals surface area contributed by atoms with Crippen molar-refractivity contribution in [3.05, 3.63) is 53.1 Å². The lowest BCUT2D eigenvalue weighted by Crippen LogP contribution is -2.29. The highest BCUT2D eigenvalue weighted by molar-refractivity contribution is 6.38. The molecule has 0 saturated carbocycles. The van der Waals surface area contributed by atoms with Gasteiger partial charge in [0.2, 0.25) is 0 Å². The van der Waals surface area contributed by atoms with Crippen LogP contribution in [0.4, 0.5) is 0 Å². The van der Waals surface area contributed by atoms with Crippen LogP contribution in [0.15, 0.2) is 46.9 Å². The van der Waals surface area contributed by atoms with E-state index < -0.39 is 0 Å². The van der Waals surface area contributed by atoms with Crippen molar-refractivity contribution in [2.75, 3.05) is 13.1 Å². The third-order valence-electron chi connectivity index (χ3n) is 4.75. The lowest BCUT2D eigenvalue weighted by Gasteiger charge is -2.26. The van der Waals surface area contributed by atoms with Gasteiger partial charge in [-0.3, -0.25) is 4.90 Å². The lowest BCUT2D eigenvalue weighted by molar-refractivity contribution is 0.219. The second kappa shape index (κ2) is 6.50. The van der Waals surface area contributed by atoms with Crippen molar-refractivity contribution in [2.45, 2.75) is 25.8 Å². The van der Waals surface area contributed by atoms with Crippen LogP contribution in [-0.4, -0.2) is 23.1 Å². The van der Waals surface area contributed by atoms with Gasteiger partial charge in [0.15, 0.2) is 5.76 Å². The molecular weight excluding hydrogens is 322 g/mol. The van der Waals surface area contributed by atoms with Crippen LogP contribution in [-0.2, 0) is 6.54 Å². The van der Waals surface area contributed by atoms with Crippen LogP contribution in [0.1, 0.15) is 24.8 Å². The third kappa shape index (κ3) is 2.79. The second-order valence-corrected chi connectivity index (χ2v) is 6.76. The lowest BCUT2D eigenvalue weighted by atomic mass is 10.0. The second-order valence-electron chi connectivity index (χ2n) is 6.38. The number of fused-ring (bicyclic) bond motifs is 1. The standard InChI is InChI=1S/C20H20ClNO2/c21-19-18-15(13-22-11-5-2-6-12-22)16(23)9-10-17(18)24-20(19)14-7-3-1-4-8-14/h1,3-4,7-10,23H,2,5-6,11-13H2. The first-order chi connectivity index (χ1) is 11.7. The van der Waals surface area contributed by atoms with E-state index in [-0.39, 0.29) is 5.75 Å². The molecule has 4 rings (SSSR count). The molecule has 1 aliphatic rings. The number of hydrogen-bond acceptors (Lipinski definition) is 3. The van der Waals surface area contributed by atoms with Crippen molar-refractivity contribution >= 4 is 22.6 Å². The molecule has 1 fully saturated rings. The zero-order chi connectivity index (χ0) is 16.5. The van der Waals surface area contributed by atoms with Gasteiger partial charge >= 0.3 is 0 Å². The Labute approximate surface area is 146 Å². The third-order valence-corrected chi connectivity index (χ3v) is 5.11. The Hall–Kier alpha value is -1.97. The Morgan fingerprint density at radius 2 is 1.75 bits per heavy atom. The molecule has 3 nitrogen and oxygen atoms in total. The molecule has 0 atom stereocenters. The molecule has 0 radical (unpaired) electrons. The highest BCUT2D eigenvalue weighted by Crippen LogP contribution is 2.42. The molecule has 2 aromatic carbocycles. The van der Waals surface area contributed by atoms with Crippen LogP contribution in [0.2, 0.25) is 5.02 Å². The van der Waals surface area contributed by atoms with Gasteiger partial charge in [0, 0.05) is 23.1 Å². The maximum Gasteiger partial charge on any atom is 0.154 e. The molecule has 2 heterocycles. The van der Waals surface area contributed by atoms with Gasteiger partial charge in [0.25, 0.3) is 0 Å². The number of halogens is 1. The number of furan rings is 1. The Balaban J connectivity index is 1.81. The van der Waals surface area contributed by atoms with Crippen molar-refractivity contribution in [3.8, 4) is 17.1 Å². The quantitative estimate of drug-likeness (QED) is 0.688. The molecular formula is C20H20ClNO2. The summed E-state index contributed by atoms with van der Waals surface area (Å²) >= 11 is 6.66. The number of nitrogens with zero attached hydrogens (tertiary/aromatic N) is 1. The molecule has 0 unspecified atom stereocenters. The molecule has 1 aromatic heterocycles. The summed E-state index contributed by atoms with van der Waals surface area (Å²) in [6.07, 6.45) is 3.72. The van der Waals surface area contributed by atoms with E-state index in [1.807, 2.05) is 30.3 Å². The van der Waals surface area contributed by atoms with Crippen LogP contribution in [0, 0.1) is 0 Å². The minimum atomic E-state index is 0.287. The van der Waals surface area contributed by atoms with Crippen LogP contribution < -0.4 is 0 Å². The van der Waals surface area contributed by atoms with E-state index in [1.165, 1.54) is 19.3 Å². The first kappa shape index (κ1) is 15.6. The van der Waals surface area contributed by atoms with E-state index in [1.54, 1.807) is 12.1 Å². The van der Waals surface area contributed by atoms with E-state index in [2.05, 4.69) is 4.90 Å². The monoisotopic (exact) mass is 341 g/mol. The van der Waals surface area contributed by atoms with Crippen molar-refractivity contribution < 1.29 is 9.52 Å². The molecule has 3 aromatic rings. The fourth-order valence-corrected chi connectivity index (χ4v) is 3.84. The van der Waals surface area contributed by atoms with E-state index in [9.17, 15) is 5.11 Å². The molecule has 1 saturated heterocycles. The highest BCUT2D eigenvalue weighted by Gasteiger charge is 2.21. The van der Waals surface area contributed by atoms with E-state index in [0.717, 1.165) is 35.2 Å². The predicted molar refractivity (Wildman–Crippen MR) is 97.5 cm³/mol. The van der Waals surface area contributed by atoms with Gasteiger partial charge in [-0.2, -0.15) is 0 Å². The van der Waals surface area contributed by atoms with Crippen LogP contribution in [0.3, 0.4) is 0 Å². The van der Waals surface area contributed by atoms with E-state index in [4.69, 9.17) is 16.0 Å². The van der Waals surface area contributed by atoms with Gasteiger partial charge in [0.1, 0.15) is 11.3 Å². The molecule has 0 amide bonds. The summed E-state index contributed by atoms with van der Waals surface area (Å²) in [7, 11) is 0. The smallest absolute Gasteiger partial charge is 0.154 e. The number of piperidine rings is 1. The molecule has 0 spiro atoms. The number of phenolic OH excluding ortho intramolecular Hbond substituents is 1. The van der Waals surface area contributed by atoms with Crippen molar-refractivity contribution in [3.63, 3.8) is 0 Å². The number of likely N-dealkylation sites (tertiary alicyclic amines) is 1. The number of rotatable bonds is 3. The number of phenols is 1.